The van der Waals surface area contributed by atoms with Crippen molar-refractivity contribution in [2.45, 2.75) is 32.0 Å². The molecule has 0 unspecified atom stereocenters. The summed E-state index contributed by atoms with van der Waals surface area (Å²) in [4.78, 5) is 4.39. The number of hydrogen-bond acceptors (Lipinski definition) is 2. The highest BCUT2D eigenvalue weighted by Crippen LogP contribution is 2.22. The minimum Gasteiger partial charge on any atom is -0.329 e. The van der Waals surface area contributed by atoms with Gasteiger partial charge in [-0.25, -0.2) is 4.98 Å². The molecule has 1 aromatic carbocycles. The molecule has 1 heterocycles. The number of aromatic nitrogens is 2. The molecule has 1 aliphatic carbocycles. The summed E-state index contributed by atoms with van der Waals surface area (Å²) in [6.07, 6.45) is 6.35. The van der Waals surface area contributed by atoms with Gasteiger partial charge in [0.15, 0.2) is 0 Å². The molecule has 0 radical (unpaired) electrons. The highest BCUT2D eigenvalue weighted by atomic mass is 35.5. The predicted octanol–water partition coefficient (Wildman–Crippen LogP) is 3.49. The molecule has 0 aliphatic heterocycles. The summed E-state index contributed by atoms with van der Waals surface area (Å²) in [7, 11) is 0. The Morgan fingerprint density at radius 1 is 1.32 bits per heavy atom. The van der Waals surface area contributed by atoms with Gasteiger partial charge < -0.3 is 9.88 Å². The second-order valence-corrected chi connectivity index (χ2v) is 5.71. The van der Waals surface area contributed by atoms with Crippen molar-refractivity contribution in [3.8, 4) is 0 Å². The first-order chi connectivity index (χ1) is 9.22. The summed E-state index contributed by atoms with van der Waals surface area (Å²) >= 11 is 12.2. The molecule has 0 atom stereocenters. The molecule has 0 bridgehead atoms. The zero-order valence-corrected chi connectivity index (χ0v) is 12.0. The molecule has 1 N–H and O–H groups in total. The average Bonchev–Trinajstić information content (AvgIpc) is 3.12. The van der Waals surface area contributed by atoms with E-state index < -0.39 is 0 Å². The third kappa shape index (κ3) is 3.30. The van der Waals surface area contributed by atoms with Crippen LogP contribution in [0.25, 0.3) is 0 Å². The van der Waals surface area contributed by atoms with Crippen molar-refractivity contribution in [1.82, 2.24) is 14.9 Å². The third-order valence-corrected chi connectivity index (χ3v) is 3.88. The number of nitrogens with zero attached hydrogens (tertiary/aromatic N) is 2. The second-order valence-electron chi connectivity index (χ2n) is 4.86. The van der Waals surface area contributed by atoms with Gasteiger partial charge in [-0.1, -0.05) is 23.2 Å². The van der Waals surface area contributed by atoms with Crippen LogP contribution in [0.5, 0.6) is 0 Å². The highest BCUT2D eigenvalue weighted by Gasteiger charge is 2.20. The average molecular weight is 296 g/mol. The Hall–Kier alpha value is -1.03. The molecule has 0 saturated heterocycles. The van der Waals surface area contributed by atoms with Gasteiger partial charge in [-0.3, -0.25) is 0 Å². The van der Waals surface area contributed by atoms with E-state index in [1.54, 1.807) is 6.07 Å². The Kier molecular flexibility index (Phi) is 3.78. The van der Waals surface area contributed by atoms with Crippen LogP contribution in [0.3, 0.4) is 0 Å². The number of hydrogen-bond donors (Lipinski definition) is 1. The van der Waals surface area contributed by atoms with Gasteiger partial charge in [-0.2, -0.15) is 0 Å². The molecule has 3 rings (SSSR count). The summed E-state index contributed by atoms with van der Waals surface area (Å²) in [5, 5.41) is 4.91. The highest BCUT2D eigenvalue weighted by molar-refractivity contribution is 6.33. The van der Waals surface area contributed by atoms with E-state index in [-0.39, 0.29) is 0 Å². The number of rotatable bonds is 5. The van der Waals surface area contributed by atoms with E-state index in [9.17, 15) is 0 Å². The van der Waals surface area contributed by atoms with Gasteiger partial charge in [0.25, 0.3) is 0 Å². The van der Waals surface area contributed by atoms with Crippen molar-refractivity contribution < 1.29 is 0 Å². The van der Waals surface area contributed by atoms with Crippen LogP contribution in [-0.2, 0) is 13.1 Å². The summed E-state index contributed by atoms with van der Waals surface area (Å²) in [6, 6.07) is 6.22. The second kappa shape index (κ2) is 5.53. The smallest absolute Gasteiger partial charge is 0.122 e. The summed E-state index contributed by atoms with van der Waals surface area (Å²) in [6.45, 7) is 1.50. The van der Waals surface area contributed by atoms with E-state index in [0.717, 1.165) is 23.0 Å². The van der Waals surface area contributed by atoms with Crippen molar-refractivity contribution in [1.29, 1.82) is 0 Å². The van der Waals surface area contributed by atoms with E-state index in [0.29, 0.717) is 17.6 Å². The molecule has 0 amide bonds. The van der Waals surface area contributed by atoms with Gasteiger partial charge in [0.05, 0.1) is 13.1 Å². The Bertz CT molecular complexity index is 576. The number of imidazole rings is 1. The first-order valence-corrected chi connectivity index (χ1v) is 7.15. The molecule has 1 saturated carbocycles. The lowest BCUT2D eigenvalue weighted by Crippen LogP contribution is -2.19. The summed E-state index contributed by atoms with van der Waals surface area (Å²) < 4.78 is 2.10. The third-order valence-electron chi connectivity index (χ3n) is 3.28. The fourth-order valence-electron chi connectivity index (χ4n) is 2.02. The first kappa shape index (κ1) is 13.0. The Morgan fingerprint density at radius 2 is 2.16 bits per heavy atom. The molecular formula is C14H15Cl2N3. The Balaban J connectivity index is 1.74. The first-order valence-electron chi connectivity index (χ1n) is 6.40. The molecule has 19 heavy (non-hydrogen) atoms. The predicted molar refractivity (Wildman–Crippen MR) is 77.7 cm³/mol. The van der Waals surface area contributed by atoms with Gasteiger partial charge in [0, 0.05) is 28.5 Å². The minimum absolute atomic E-state index is 0.680. The van der Waals surface area contributed by atoms with Gasteiger partial charge >= 0.3 is 0 Å². The fraction of sp³-hybridized carbons (Fsp3) is 0.357. The lowest BCUT2D eigenvalue weighted by Gasteiger charge is -2.10. The summed E-state index contributed by atoms with van der Waals surface area (Å²) in [5.41, 5.74) is 1.01. The van der Waals surface area contributed by atoms with Crippen molar-refractivity contribution in [3.05, 3.63) is 52.0 Å². The Labute approximate surface area is 122 Å². The van der Waals surface area contributed by atoms with Gasteiger partial charge in [-0.05, 0) is 36.6 Å². The van der Waals surface area contributed by atoms with Crippen molar-refractivity contribution in [2.75, 3.05) is 0 Å². The van der Waals surface area contributed by atoms with Crippen LogP contribution in [0, 0.1) is 0 Å². The number of benzene rings is 1. The number of halogens is 2. The van der Waals surface area contributed by atoms with Crippen LogP contribution < -0.4 is 5.32 Å². The van der Waals surface area contributed by atoms with Crippen molar-refractivity contribution >= 4 is 23.2 Å². The van der Waals surface area contributed by atoms with E-state index in [4.69, 9.17) is 23.2 Å². The molecule has 1 aliphatic rings. The van der Waals surface area contributed by atoms with Crippen LogP contribution in [0.2, 0.25) is 10.0 Å². The molecule has 3 nitrogen and oxygen atoms in total. The van der Waals surface area contributed by atoms with Crippen LogP contribution in [-0.4, -0.2) is 15.6 Å². The van der Waals surface area contributed by atoms with Crippen LogP contribution in [0.4, 0.5) is 0 Å². The van der Waals surface area contributed by atoms with Crippen molar-refractivity contribution in [2.24, 2.45) is 0 Å². The SMILES string of the molecule is Clc1ccc(Cl)c(Cn2ccnc2CNC2CC2)c1. The Morgan fingerprint density at radius 3 is 2.95 bits per heavy atom. The quantitative estimate of drug-likeness (QED) is 0.915. The topological polar surface area (TPSA) is 29.9 Å². The largest absolute Gasteiger partial charge is 0.329 e. The lowest BCUT2D eigenvalue weighted by atomic mass is 10.2. The fourth-order valence-corrected chi connectivity index (χ4v) is 2.39. The molecule has 100 valence electrons. The standard InChI is InChI=1S/C14H15Cl2N3/c15-11-1-4-13(16)10(7-11)9-19-6-5-17-14(19)8-18-12-2-3-12/h1,4-7,12,18H,2-3,8-9H2. The monoisotopic (exact) mass is 295 g/mol. The molecule has 1 fully saturated rings. The van der Waals surface area contributed by atoms with E-state index in [2.05, 4.69) is 14.9 Å². The number of nitrogens with one attached hydrogen (secondary N) is 1. The summed E-state index contributed by atoms with van der Waals surface area (Å²) in [5.74, 6) is 1.03. The van der Waals surface area contributed by atoms with Gasteiger partial charge in [0.2, 0.25) is 0 Å². The van der Waals surface area contributed by atoms with Crippen molar-refractivity contribution in [3.63, 3.8) is 0 Å². The van der Waals surface area contributed by atoms with E-state index in [1.165, 1.54) is 12.8 Å². The maximum absolute atomic E-state index is 6.19. The molecular weight excluding hydrogens is 281 g/mol. The van der Waals surface area contributed by atoms with Crippen LogP contribution >= 0.6 is 23.2 Å². The lowest BCUT2D eigenvalue weighted by molar-refractivity contribution is 0.618. The van der Waals surface area contributed by atoms with E-state index >= 15 is 0 Å². The van der Waals surface area contributed by atoms with Gasteiger partial charge in [0.1, 0.15) is 5.82 Å². The normalized spacial score (nSPS) is 14.8. The maximum atomic E-state index is 6.19. The van der Waals surface area contributed by atoms with E-state index in [1.807, 2.05) is 24.5 Å². The maximum Gasteiger partial charge on any atom is 0.122 e. The molecule has 5 heteroatoms. The minimum atomic E-state index is 0.680. The van der Waals surface area contributed by atoms with Crippen LogP contribution in [0.1, 0.15) is 24.2 Å². The van der Waals surface area contributed by atoms with Crippen LogP contribution in [0.15, 0.2) is 30.6 Å². The zero-order chi connectivity index (χ0) is 13.2. The molecule has 2 aromatic rings. The molecule has 1 aromatic heterocycles. The molecule has 0 spiro atoms. The van der Waals surface area contributed by atoms with Gasteiger partial charge in [-0.15, -0.1) is 0 Å². The zero-order valence-electron chi connectivity index (χ0n) is 10.4.